The summed E-state index contributed by atoms with van der Waals surface area (Å²) in [4.78, 5) is 22.2. The van der Waals surface area contributed by atoms with Crippen molar-refractivity contribution in [3.05, 3.63) is 23.6 Å². The molecule has 0 saturated carbocycles. The molecule has 112 valence electrons. The first kappa shape index (κ1) is 13.2. The monoisotopic (exact) mass is 306 g/mol. The van der Waals surface area contributed by atoms with Crippen LogP contribution in [0.4, 0.5) is 0 Å². The van der Waals surface area contributed by atoms with Crippen LogP contribution < -0.4 is 0 Å². The van der Waals surface area contributed by atoms with E-state index in [2.05, 4.69) is 16.9 Å². The van der Waals surface area contributed by atoms with E-state index in [1.807, 2.05) is 14.7 Å². The molecular weight excluding hydrogens is 288 g/mol. The molecule has 0 radical (unpaired) electrons. The molecule has 2 aromatic rings. The third-order valence-corrected chi connectivity index (χ3v) is 5.41. The number of morpholine rings is 1. The molecule has 0 aromatic carbocycles. The summed E-state index contributed by atoms with van der Waals surface area (Å²) < 4.78 is 7.71. The van der Waals surface area contributed by atoms with Crippen molar-refractivity contribution in [2.45, 2.75) is 18.6 Å². The Hall–Kier alpha value is -1.44. The molecule has 0 N–H and O–H groups in total. The molecule has 2 aliphatic heterocycles. The van der Waals surface area contributed by atoms with Gasteiger partial charge in [-0.05, 0) is 13.5 Å². The summed E-state index contributed by atoms with van der Waals surface area (Å²) >= 11 is 1.55. The molecule has 2 atom stereocenters. The van der Waals surface area contributed by atoms with Gasteiger partial charge in [0.2, 0.25) is 0 Å². The zero-order valence-electron chi connectivity index (χ0n) is 11.9. The van der Waals surface area contributed by atoms with E-state index < -0.39 is 0 Å². The molecule has 0 aliphatic carbocycles. The van der Waals surface area contributed by atoms with Crippen LogP contribution in [0.5, 0.6) is 0 Å². The first-order valence-corrected chi connectivity index (χ1v) is 8.12. The Morgan fingerprint density at radius 1 is 1.48 bits per heavy atom. The molecule has 2 aliphatic rings. The maximum Gasteiger partial charge on any atom is 0.271 e. The Balaban J connectivity index is 1.56. The maximum atomic E-state index is 12.8. The number of hydrogen-bond donors (Lipinski definition) is 0. The highest BCUT2D eigenvalue weighted by molar-refractivity contribution is 7.15. The predicted octanol–water partition coefficient (Wildman–Crippen LogP) is 0.941. The van der Waals surface area contributed by atoms with E-state index in [1.54, 1.807) is 23.9 Å². The minimum absolute atomic E-state index is 0.0941. The second-order valence-corrected chi connectivity index (χ2v) is 6.61. The van der Waals surface area contributed by atoms with E-state index in [0.717, 1.165) is 37.5 Å². The van der Waals surface area contributed by atoms with Gasteiger partial charge in [0, 0.05) is 25.0 Å². The number of carbonyl (C=O) groups is 1. The van der Waals surface area contributed by atoms with Crippen molar-refractivity contribution < 1.29 is 9.53 Å². The summed E-state index contributed by atoms with van der Waals surface area (Å²) in [5.41, 5.74) is 0.713. The van der Waals surface area contributed by atoms with Gasteiger partial charge in [0.05, 0.1) is 24.9 Å². The summed E-state index contributed by atoms with van der Waals surface area (Å²) in [6.07, 6.45) is 4.68. The number of fused-ring (bicyclic) bond motifs is 2. The SMILES string of the molecule is CN1CCOC2CCN(C(=O)c3csc4cncn34)CC21. The quantitative estimate of drug-likeness (QED) is 0.787. The first-order chi connectivity index (χ1) is 10.2. The number of hydrogen-bond acceptors (Lipinski definition) is 5. The van der Waals surface area contributed by atoms with Gasteiger partial charge < -0.3 is 9.64 Å². The van der Waals surface area contributed by atoms with Crippen LogP contribution >= 0.6 is 11.3 Å². The fourth-order valence-electron chi connectivity index (χ4n) is 3.27. The lowest BCUT2D eigenvalue weighted by atomic mass is 9.99. The minimum atomic E-state index is 0.0941. The van der Waals surface area contributed by atoms with Crippen LogP contribution in [0, 0.1) is 0 Å². The van der Waals surface area contributed by atoms with E-state index in [-0.39, 0.29) is 12.0 Å². The Labute approximate surface area is 126 Å². The van der Waals surface area contributed by atoms with Gasteiger partial charge in [0.15, 0.2) is 0 Å². The summed E-state index contributed by atoms with van der Waals surface area (Å²) in [5, 5.41) is 1.92. The lowest BCUT2D eigenvalue weighted by Crippen LogP contribution is -2.59. The van der Waals surface area contributed by atoms with Crippen LogP contribution in [-0.2, 0) is 4.74 Å². The molecule has 0 spiro atoms. The third-order valence-electron chi connectivity index (χ3n) is 4.52. The van der Waals surface area contributed by atoms with Crippen molar-refractivity contribution in [1.29, 1.82) is 0 Å². The molecular formula is C14H18N4O2S. The Bertz CT molecular complexity index is 667. The van der Waals surface area contributed by atoms with E-state index in [1.165, 1.54) is 0 Å². The van der Waals surface area contributed by atoms with Crippen LogP contribution in [0.15, 0.2) is 17.9 Å². The van der Waals surface area contributed by atoms with Gasteiger partial charge in [-0.2, -0.15) is 0 Å². The summed E-state index contributed by atoms with van der Waals surface area (Å²) in [7, 11) is 2.12. The fourth-order valence-corrected chi connectivity index (χ4v) is 4.09. The molecule has 2 fully saturated rings. The average molecular weight is 306 g/mol. The van der Waals surface area contributed by atoms with E-state index in [0.29, 0.717) is 11.7 Å². The highest BCUT2D eigenvalue weighted by atomic mass is 32.1. The summed E-state index contributed by atoms with van der Waals surface area (Å²) in [6.45, 7) is 3.24. The molecule has 4 heterocycles. The molecule has 4 rings (SSSR count). The van der Waals surface area contributed by atoms with Crippen LogP contribution in [-0.4, -0.2) is 70.5 Å². The van der Waals surface area contributed by atoms with Crippen LogP contribution in [0.3, 0.4) is 0 Å². The number of thiazole rings is 1. The minimum Gasteiger partial charge on any atom is -0.375 e. The second kappa shape index (κ2) is 5.08. The number of nitrogens with zero attached hydrogens (tertiary/aromatic N) is 4. The molecule has 0 bridgehead atoms. The highest BCUT2D eigenvalue weighted by Crippen LogP contribution is 2.24. The van der Waals surface area contributed by atoms with Crippen molar-refractivity contribution in [3.8, 4) is 0 Å². The van der Waals surface area contributed by atoms with Crippen molar-refractivity contribution in [1.82, 2.24) is 19.2 Å². The van der Waals surface area contributed by atoms with Gasteiger partial charge in [0.1, 0.15) is 16.9 Å². The Morgan fingerprint density at radius 2 is 2.38 bits per heavy atom. The van der Waals surface area contributed by atoms with Gasteiger partial charge >= 0.3 is 0 Å². The number of carbonyl (C=O) groups excluding carboxylic acids is 1. The zero-order chi connectivity index (χ0) is 14.4. The smallest absolute Gasteiger partial charge is 0.271 e. The fraction of sp³-hybridized carbons (Fsp3) is 0.571. The molecule has 6 nitrogen and oxygen atoms in total. The Morgan fingerprint density at radius 3 is 3.29 bits per heavy atom. The predicted molar refractivity (Wildman–Crippen MR) is 79.7 cm³/mol. The average Bonchev–Trinajstić information content (AvgIpc) is 3.09. The topological polar surface area (TPSA) is 50.1 Å². The number of amides is 1. The second-order valence-electron chi connectivity index (χ2n) is 5.72. The van der Waals surface area contributed by atoms with Crippen molar-refractivity contribution >= 4 is 22.1 Å². The first-order valence-electron chi connectivity index (χ1n) is 7.25. The lowest BCUT2D eigenvalue weighted by molar-refractivity contribution is -0.0894. The number of imidazole rings is 1. The lowest BCUT2D eigenvalue weighted by Gasteiger charge is -2.45. The number of likely N-dealkylation sites (tertiary alicyclic amines) is 1. The molecule has 2 aromatic heterocycles. The van der Waals surface area contributed by atoms with E-state index >= 15 is 0 Å². The Kier molecular flexibility index (Phi) is 3.20. The highest BCUT2D eigenvalue weighted by Gasteiger charge is 2.37. The largest absolute Gasteiger partial charge is 0.375 e. The molecule has 2 unspecified atom stereocenters. The summed E-state index contributed by atoms with van der Waals surface area (Å²) in [5.74, 6) is 0.0941. The molecule has 2 saturated heterocycles. The number of piperidine rings is 1. The third kappa shape index (κ3) is 2.16. The van der Waals surface area contributed by atoms with Gasteiger partial charge in [-0.25, -0.2) is 4.98 Å². The van der Waals surface area contributed by atoms with Crippen LogP contribution in [0.25, 0.3) is 4.83 Å². The normalized spacial score (nSPS) is 27.0. The number of likely N-dealkylation sites (N-methyl/N-ethyl adjacent to an activating group) is 1. The van der Waals surface area contributed by atoms with Gasteiger partial charge in [-0.3, -0.25) is 14.1 Å². The maximum absolute atomic E-state index is 12.8. The van der Waals surface area contributed by atoms with E-state index in [9.17, 15) is 4.79 Å². The van der Waals surface area contributed by atoms with Crippen molar-refractivity contribution in [3.63, 3.8) is 0 Å². The molecule has 7 heteroatoms. The van der Waals surface area contributed by atoms with E-state index in [4.69, 9.17) is 4.74 Å². The van der Waals surface area contributed by atoms with Crippen LogP contribution in [0.1, 0.15) is 16.9 Å². The zero-order valence-corrected chi connectivity index (χ0v) is 12.8. The van der Waals surface area contributed by atoms with Gasteiger partial charge in [-0.1, -0.05) is 0 Å². The number of ether oxygens (including phenoxy) is 1. The number of rotatable bonds is 1. The summed E-state index contributed by atoms with van der Waals surface area (Å²) in [6, 6.07) is 0.313. The standard InChI is InChI=1S/C14H18N4O2S/c1-16-4-5-20-12-2-3-17(7-10(12)16)14(19)11-8-21-13-6-15-9-18(11)13/h6,8-10,12H,2-5,7H2,1H3. The van der Waals surface area contributed by atoms with Gasteiger partial charge in [0.25, 0.3) is 5.91 Å². The van der Waals surface area contributed by atoms with Crippen molar-refractivity contribution in [2.75, 3.05) is 33.3 Å². The van der Waals surface area contributed by atoms with Crippen molar-refractivity contribution in [2.24, 2.45) is 0 Å². The molecule has 1 amide bonds. The number of aromatic nitrogens is 2. The van der Waals surface area contributed by atoms with Gasteiger partial charge in [-0.15, -0.1) is 11.3 Å². The van der Waals surface area contributed by atoms with Crippen LogP contribution in [0.2, 0.25) is 0 Å². The molecule has 21 heavy (non-hydrogen) atoms.